The predicted octanol–water partition coefficient (Wildman–Crippen LogP) is 1.65. The Bertz CT molecular complexity index is 408. The Kier molecular flexibility index (Phi) is 6.84. The summed E-state index contributed by atoms with van der Waals surface area (Å²) in [5.41, 5.74) is 0.235. The van der Waals surface area contributed by atoms with E-state index in [9.17, 15) is 9.18 Å². The number of carbonyl (C=O) groups excluding carboxylic acids is 1. The molecule has 5 nitrogen and oxygen atoms in total. The van der Waals surface area contributed by atoms with Crippen LogP contribution in [-0.4, -0.2) is 46.6 Å². The van der Waals surface area contributed by atoms with Gasteiger partial charge < -0.3 is 18.9 Å². The normalized spacial score (nSPS) is 10.3. The number of benzene rings is 1. The topological polar surface area (TPSA) is 54.0 Å². The fourth-order valence-electron chi connectivity index (χ4n) is 1.31. The molecule has 0 aliphatic heterocycles. The Morgan fingerprint density at radius 3 is 2.58 bits per heavy atom. The molecule has 0 saturated heterocycles. The number of rotatable bonds is 8. The van der Waals surface area contributed by atoms with E-state index in [2.05, 4.69) is 4.74 Å². The van der Waals surface area contributed by atoms with Crippen LogP contribution in [0, 0.1) is 5.82 Å². The molecule has 1 aromatic carbocycles. The molecule has 0 fully saturated rings. The average molecular weight is 272 g/mol. The van der Waals surface area contributed by atoms with Crippen molar-refractivity contribution in [1.29, 1.82) is 0 Å². The van der Waals surface area contributed by atoms with Crippen LogP contribution in [0.5, 0.6) is 5.75 Å². The highest BCUT2D eigenvalue weighted by Crippen LogP contribution is 2.19. The fourth-order valence-corrected chi connectivity index (χ4v) is 1.31. The van der Waals surface area contributed by atoms with Crippen molar-refractivity contribution in [3.63, 3.8) is 0 Å². The second kappa shape index (κ2) is 8.44. The van der Waals surface area contributed by atoms with Crippen LogP contribution in [0.3, 0.4) is 0 Å². The van der Waals surface area contributed by atoms with E-state index in [1.54, 1.807) is 7.11 Å². The number of methoxy groups -OCH3 is 2. The summed E-state index contributed by atoms with van der Waals surface area (Å²) in [5.74, 6) is -1.08. The van der Waals surface area contributed by atoms with Crippen LogP contribution in [0.2, 0.25) is 0 Å². The number of hydrogen-bond acceptors (Lipinski definition) is 5. The van der Waals surface area contributed by atoms with Gasteiger partial charge in [-0.25, -0.2) is 9.18 Å². The Hall–Kier alpha value is -1.66. The van der Waals surface area contributed by atoms with E-state index in [4.69, 9.17) is 14.2 Å². The average Bonchev–Trinajstić information content (AvgIpc) is 2.43. The van der Waals surface area contributed by atoms with Crippen LogP contribution in [0.4, 0.5) is 4.39 Å². The lowest BCUT2D eigenvalue weighted by Gasteiger charge is -2.09. The summed E-state index contributed by atoms with van der Waals surface area (Å²) < 4.78 is 33.2. The maximum Gasteiger partial charge on any atom is 0.337 e. The molecule has 0 spiro atoms. The van der Waals surface area contributed by atoms with Gasteiger partial charge in [0.1, 0.15) is 6.61 Å². The van der Waals surface area contributed by atoms with Crippen molar-refractivity contribution in [2.45, 2.75) is 0 Å². The first-order chi connectivity index (χ1) is 9.19. The van der Waals surface area contributed by atoms with E-state index in [0.29, 0.717) is 19.8 Å². The van der Waals surface area contributed by atoms with Gasteiger partial charge in [0, 0.05) is 7.11 Å². The first kappa shape index (κ1) is 15.4. The molecule has 1 aromatic rings. The van der Waals surface area contributed by atoms with Crippen molar-refractivity contribution in [2.24, 2.45) is 0 Å². The van der Waals surface area contributed by atoms with E-state index < -0.39 is 11.8 Å². The van der Waals surface area contributed by atoms with Crippen molar-refractivity contribution >= 4 is 5.97 Å². The zero-order chi connectivity index (χ0) is 14.1. The van der Waals surface area contributed by atoms with Crippen molar-refractivity contribution in [2.75, 3.05) is 40.6 Å². The summed E-state index contributed by atoms with van der Waals surface area (Å²) in [6.45, 7) is 1.44. The van der Waals surface area contributed by atoms with Gasteiger partial charge in [0.05, 0.1) is 32.5 Å². The Morgan fingerprint density at radius 2 is 1.89 bits per heavy atom. The molecule has 0 bridgehead atoms. The molecule has 0 atom stereocenters. The third kappa shape index (κ3) is 5.23. The largest absolute Gasteiger partial charge is 0.488 e. The second-order valence-electron chi connectivity index (χ2n) is 3.59. The molecule has 0 aliphatic rings. The molecule has 0 amide bonds. The quantitative estimate of drug-likeness (QED) is 0.532. The highest BCUT2D eigenvalue weighted by Gasteiger charge is 2.10. The summed E-state index contributed by atoms with van der Waals surface area (Å²) in [5, 5.41) is 0. The van der Waals surface area contributed by atoms with Gasteiger partial charge in [-0.15, -0.1) is 0 Å². The van der Waals surface area contributed by atoms with Crippen LogP contribution in [0.25, 0.3) is 0 Å². The Morgan fingerprint density at radius 1 is 1.16 bits per heavy atom. The van der Waals surface area contributed by atoms with Crippen molar-refractivity contribution in [1.82, 2.24) is 0 Å². The lowest BCUT2D eigenvalue weighted by Crippen LogP contribution is -2.11. The maximum atomic E-state index is 13.4. The standard InChI is InChI=1S/C13H17FO5/c1-16-5-6-18-7-8-19-12-9-10(13(15)17-2)3-4-11(12)14/h3-4,9H,5-8H2,1-2H3. The number of hydrogen-bond donors (Lipinski definition) is 0. The summed E-state index contributed by atoms with van der Waals surface area (Å²) in [6, 6.07) is 3.80. The van der Waals surface area contributed by atoms with Gasteiger partial charge >= 0.3 is 5.97 Å². The number of halogens is 1. The molecular weight excluding hydrogens is 255 g/mol. The van der Waals surface area contributed by atoms with Crippen molar-refractivity contribution in [3.05, 3.63) is 29.6 Å². The summed E-state index contributed by atoms with van der Waals surface area (Å²) in [6.07, 6.45) is 0. The molecule has 19 heavy (non-hydrogen) atoms. The van der Waals surface area contributed by atoms with Crippen molar-refractivity contribution in [3.8, 4) is 5.75 Å². The number of carbonyl (C=O) groups is 1. The zero-order valence-electron chi connectivity index (χ0n) is 11.0. The van der Waals surface area contributed by atoms with E-state index >= 15 is 0 Å². The SMILES string of the molecule is COCCOCCOc1cc(C(=O)OC)ccc1F. The maximum absolute atomic E-state index is 13.4. The van der Waals surface area contributed by atoms with E-state index in [1.165, 1.54) is 19.2 Å². The van der Waals surface area contributed by atoms with Gasteiger partial charge in [-0.3, -0.25) is 0 Å². The third-order valence-corrected chi connectivity index (χ3v) is 2.27. The van der Waals surface area contributed by atoms with E-state index in [1.807, 2.05) is 0 Å². The lowest BCUT2D eigenvalue weighted by molar-refractivity contribution is 0.0536. The van der Waals surface area contributed by atoms with E-state index in [0.717, 1.165) is 6.07 Å². The lowest BCUT2D eigenvalue weighted by atomic mass is 10.2. The third-order valence-electron chi connectivity index (χ3n) is 2.27. The molecule has 0 N–H and O–H groups in total. The van der Waals surface area contributed by atoms with Crippen molar-refractivity contribution < 1.29 is 28.1 Å². The zero-order valence-corrected chi connectivity index (χ0v) is 11.0. The molecule has 6 heteroatoms. The van der Waals surface area contributed by atoms with Crippen LogP contribution in [0.15, 0.2) is 18.2 Å². The summed E-state index contributed by atoms with van der Waals surface area (Å²) >= 11 is 0. The highest BCUT2D eigenvalue weighted by atomic mass is 19.1. The van der Waals surface area contributed by atoms with Gasteiger partial charge in [0.15, 0.2) is 11.6 Å². The van der Waals surface area contributed by atoms with Gasteiger partial charge in [-0.2, -0.15) is 0 Å². The van der Waals surface area contributed by atoms with Crippen LogP contribution in [-0.2, 0) is 14.2 Å². The second-order valence-corrected chi connectivity index (χ2v) is 3.59. The first-order valence-electron chi connectivity index (χ1n) is 5.76. The molecule has 0 aliphatic carbocycles. The van der Waals surface area contributed by atoms with Crippen LogP contribution >= 0.6 is 0 Å². The van der Waals surface area contributed by atoms with Crippen LogP contribution < -0.4 is 4.74 Å². The molecule has 0 radical (unpaired) electrons. The molecule has 0 saturated carbocycles. The van der Waals surface area contributed by atoms with Gasteiger partial charge in [-0.05, 0) is 18.2 Å². The minimum absolute atomic E-state index is 0.00163. The first-order valence-corrected chi connectivity index (χ1v) is 5.76. The molecule has 0 unspecified atom stereocenters. The summed E-state index contributed by atoms with van der Waals surface area (Å²) in [7, 11) is 2.84. The van der Waals surface area contributed by atoms with Gasteiger partial charge in [0.25, 0.3) is 0 Å². The molecule has 1 rings (SSSR count). The minimum Gasteiger partial charge on any atom is -0.488 e. The Labute approximate surface area is 111 Å². The number of ether oxygens (including phenoxy) is 4. The molecular formula is C13H17FO5. The van der Waals surface area contributed by atoms with E-state index in [-0.39, 0.29) is 17.9 Å². The monoisotopic (exact) mass is 272 g/mol. The highest BCUT2D eigenvalue weighted by molar-refractivity contribution is 5.89. The van der Waals surface area contributed by atoms with Crippen LogP contribution in [0.1, 0.15) is 10.4 Å². The predicted molar refractivity (Wildman–Crippen MR) is 65.9 cm³/mol. The Balaban J connectivity index is 2.46. The number of esters is 1. The summed E-state index contributed by atoms with van der Waals surface area (Å²) in [4.78, 5) is 11.3. The minimum atomic E-state index is -0.541. The smallest absolute Gasteiger partial charge is 0.337 e. The molecule has 0 heterocycles. The van der Waals surface area contributed by atoms with Gasteiger partial charge in [-0.1, -0.05) is 0 Å². The van der Waals surface area contributed by atoms with Gasteiger partial charge in [0.2, 0.25) is 0 Å². The molecule has 106 valence electrons. The molecule has 0 aromatic heterocycles. The fraction of sp³-hybridized carbons (Fsp3) is 0.462.